The van der Waals surface area contributed by atoms with E-state index in [1.807, 2.05) is 50.5 Å². The number of carbonyl (C=O) groups excluding carboxylic acids is 1. The fourth-order valence-corrected chi connectivity index (χ4v) is 4.79. The lowest BCUT2D eigenvalue weighted by Gasteiger charge is -2.32. The van der Waals surface area contributed by atoms with Crippen LogP contribution in [0.1, 0.15) is 38.3 Å². The Morgan fingerprint density at radius 1 is 0.900 bits per heavy atom. The number of aryl methyl sites for hydroxylation is 2. The number of fused-ring (bicyclic) bond motifs is 2. The highest BCUT2D eigenvalue weighted by molar-refractivity contribution is 5.98. The summed E-state index contributed by atoms with van der Waals surface area (Å²) in [5, 5.41) is 1.07. The van der Waals surface area contributed by atoms with E-state index in [0.29, 0.717) is 5.56 Å². The first-order valence-electron chi connectivity index (χ1n) is 10.1. The van der Waals surface area contributed by atoms with Crippen molar-refractivity contribution < 1.29 is 9.53 Å². The predicted octanol–water partition coefficient (Wildman–Crippen LogP) is 5.31. The number of aromatic nitrogens is 1. The molecule has 1 atom stereocenters. The molecule has 0 fully saturated rings. The van der Waals surface area contributed by atoms with Gasteiger partial charge in [0, 0.05) is 53.1 Å². The quantitative estimate of drug-likeness (QED) is 0.477. The third kappa shape index (κ3) is 2.43. The van der Waals surface area contributed by atoms with Gasteiger partial charge in [-0.15, -0.1) is 0 Å². The van der Waals surface area contributed by atoms with Gasteiger partial charge in [-0.2, -0.15) is 0 Å². The molecule has 0 amide bonds. The average Bonchev–Trinajstić information content (AvgIpc) is 3.22. The lowest BCUT2D eigenvalue weighted by Crippen LogP contribution is -2.31. The molecule has 4 aromatic rings. The number of benzene rings is 3. The zero-order valence-electron chi connectivity index (χ0n) is 17.6. The molecule has 30 heavy (non-hydrogen) atoms. The van der Waals surface area contributed by atoms with Crippen LogP contribution in [0.3, 0.4) is 0 Å². The number of hydrogen-bond acceptors (Lipinski definition) is 3. The maximum absolute atomic E-state index is 13.0. The summed E-state index contributed by atoms with van der Waals surface area (Å²) in [5.74, 6) is -0.286. The molecule has 4 nitrogen and oxygen atoms in total. The lowest BCUT2D eigenvalue weighted by atomic mass is 9.77. The summed E-state index contributed by atoms with van der Waals surface area (Å²) < 4.78 is 6.35. The van der Waals surface area contributed by atoms with Gasteiger partial charge in [-0.3, -0.25) is 0 Å². The molecule has 150 valence electrons. The molecule has 1 N–H and O–H groups in total. The molecular weight excluding hydrogens is 372 g/mol. The molecule has 1 aliphatic heterocycles. The maximum atomic E-state index is 13.0. The van der Waals surface area contributed by atoms with Crippen LogP contribution in [-0.2, 0) is 10.3 Å². The number of aromatic amines is 1. The van der Waals surface area contributed by atoms with Crippen molar-refractivity contribution in [3.8, 4) is 0 Å². The molecule has 0 saturated heterocycles. The number of hydrogen-bond donors (Lipinski definition) is 1. The zero-order valence-corrected chi connectivity index (χ0v) is 17.6. The van der Waals surface area contributed by atoms with E-state index in [1.54, 1.807) is 0 Å². The fraction of sp³-hybridized carbons (Fsp3) is 0.192. The molecule has 0 aliphatic carbocycles. The van der Waals surface area contributed by atoms with Gasteiger partial charge in [-0.05, 0) is 43.7 Å². The topological polar surface area (TPSA) is 45.3 Å². The molecule has 1 aliphatic rings. The fourth-order valence-electron chi connectivity index (χ4n) is 4.79. The van der Waals surface area contributed by atoms with Crippen LogP contribution in [0.2, 0.25) is 0 Å². The van der Waals surface area contributed by atoms with Crippen LogP contribution in [0.25, 0.3) is 10.9 Å². The van der Waals surface area contributed by atoms with Crippen molar-refractivity contribution in [3.63, 3.8) is 0 Å². The normalized spacial score (nSPS) is 17.8. The van der Waals surface area contributed by atoms with Crippen molar-refractivity contribution in [2.24, 2.45) is 0 Å². The molecule has 4 heteroatoms. The largest absolute Gasteiger partial charge is 0.440 e. The van der Waals surface area contributed by atoms with Crippen LogP contribution >= 0.6 is 0 Å². The highest BCUT2D eigenvalue weighted by atomic mass is 16.6. The number of anilines is 1. The molecular formula is C26H24N2O2. The number of nitrogens with zero attached hydrogens (tertiary/aromatic N) is 1. The zero-order chi connectivity index (χ0) is 21.0. The van der Waals surface area contributed by atoms with Gasteiger partial charge in [0.25, 0.3) is 0 Å². The van der Waals surface area contributed by atoms with Crippen LogP contribution in [0, 0.1) is 13.8 Å². The predicted molar refractivity (Wildman–Crippen MR) is 120 cm³/mol. The van der Waals surface area contributed by atoms with E-state index in [0.717, 1.165) is 44.5 Å². The van der Waals surface area contributed by atoms with Crippen molar-refractivity contribution in [2.75, 3.05) is 19.0 Å². The Labute approximate surface area is 176 Å². The SMILES string of the molecule is Cc1cc(N(C)C)ccc1C1(c2c(C)[nH]c3ccccc23)OC(=O)c2ccccc21. The van der Waals surface area contributed by atoms with Crippen LogP contribution < -0.4 is 4.90 Å². The Morgan fingerprint density at radius 2 is 1.63 bits per heavy atom. The van der Waals surface area contributed by atoms with Gasteiger partial charge in [0.2, 0.25) is 0 Å². The van der Waals surface area contributed by atoms with Crippen molar-refractivity contribution in [2.45, 2.75) is 19.4 Å². The van der Waals surface area contributed by atoms with Gasteiger partial charge in [-0.1, -0.05) is 42.5 Å². The van der Waals surface area contributed by atoms with Crippen molar-refractivity contribution in [1.29, 1.82) is 0 Å². The van der Waals surface area contributed by atoms with Crippen molar-refractivity contribution in [3.05, 3.63) is 100 Å². The van der Waals surface area contributed by atoms with Gasteiger partial charge in [0.1, 0.15) is 0 Å². The Bertz CT molecular complexity index is 1300. The van der Waals surface area contributed by atoms with E-state index < -0.39 is 5.60 Å². The van der Waals surface area contributed by atoms with Gasteiger partial charge < -0.3 is 14.6 Å². The van der Waals surface area contributed by atoms with E-state index in [2.05, 4.69) is 54.1 Å². The smallest absolute Gasteiger partial charge is 0.340 e. The Balaban J connectivity index is 1.91. The monoisotopic (exact) mass is 396 g/mol. The summed E-state index contributed by atoms with van der Waals surface area (Å²) in [7, 11) is 4.05. The summed E-state index contributed by atoms with van der Waals surface area (Å²) in [6, 6.07) is 22.3. The number of ether oxygens (including phenoxy) is 1. The first-order valence-corrected chi connectivity index (χ1v) is 10.1. The van der Waals surface area contributed by atoms with Crippen LogP contribution in [0.4, 0.5) is 5.69 Å². The summed E-state index contributed by atoms with van der Waals surface area (Å²) in [5.41, 5.74) is 6.73. The highest BCUT2D eigenvalue weighted by Gasteiger charge is 2.51. The Morgan fingerprint density at radius 3 is 2.40 bits per heavy atom. The first-order chi connectivity index (χ1) is 14.4. The number of nitrogens with one attached hydrogen (secondary N) is 1. The molecule has 0 radical (unpaired) electrons. The van der Waals surface area contributed by atoms with Gasteiger partial charge in [0.15, 0.2) is 5.60 Å². The molecule has 2 heterocycles. The number of para-hydroxylation sites is 1. The van der Waals surface area contributed by atoms with Crippen LogP contribution in [0.15, 0.2) is 66.7 Å². The number of carbonyl (C=O) groups is 1. The molecule has 0 spiro atoms. The minimum Gasteiger partial charge on any atom is -0.440 e. The first kappa shape index (κ1) is 18.5. The molecule has 5 rings (SSSR count). The molecule has 0 saturated carbocycles. The van der Waals surface area contributed by atoms with E-state index in [4.69, 9.17) is 4.74 Å². The van der Waals surface area contributed by atoms with Crippen LogP contribution in [0.5, 0.6) is 0 Å². The Kier molecular flexibility index (Phi) is 4.00. The third-order valence-corrected chi connectivity index (χ3v) is 6.12. The molecule has 0 bridgehead atoms. The number of H-pyrrole nitrogens is 1. The summed E-state index contributed by atoms with van der Waals surface area (Å²) in [6.45, 7) is 4.14. The summed E-state index contributed by atoms with van der Waals surface area (Å²) in [6.07, 6.45) is 0. The number of esters is 1. The highest BCUT2D eigenvalue weighted by Crippen LogP contribution is 2.51. The lowest BCUT2D eigenvalue weighted by molar-refractivity contribution is 0.0252. The molecule has 3 aromatic carbocycles. The van der Waals surface area contributed by atoms with E-state index in [1.165, 1.54) is 0 Å². The number of cyclic esters (lactones) is 1. The van der Waals surface area contributed by atoms with E-state index in [9.17, 15) is 4.79 Å². The van der Waals surface area contributed by atoms with Crippen LogP contribution in [-0.4, -0.2) is 25.0 Å². The standard InChI is InChI=1S/C26H24N2O2/c1-16-15-18(28(3)4)13-14-21(16)26(22-11-7-5-9-19(22)25(29)30-26)24-17(2)27-23-12-8-6-10-20(23)24/h5-15,27H,1-4H3. The van der Waals surface area contributed by atoms with E-state index in [-0.39, 0.29) is 5.97 Å². The second-order valence-corrected chi connectivity index (χ2v) is 8.18. The third-order valence-electron chi connectivity index (χ3n) is 6.12. The molecule has 1 aromatic heterocycles. The van der Waals surface area contributed by atoms with Crippen molar-refractivity contribution in [1.82, 2.24) is 4.98 Å². The van der Waals surface area contributed by atoms with Gasteiger partial charge in [-0.25, -0.2) is 4.79 Å². The Hall–Kier alpha value is -3.53. The second-order valence-electron chi connectivity index (χ2n) is 8.18. The summed E-state index contributed by atoms with van der Waals surface area (Å²) >= 11 is 0. The minimum atomic E-state index is -0.994. The minimum absolute atomic E-state index is 0.286. The maximum Gasteiger partial charge on any atom is 0.340 e. The second kappa shape index (κ2) is 6.49. The average molecular weight is 396 g/mol. The van der Waals surface area contributed by atoms with Crippen molar-refractivity contribution >= 4 is 22.6 Å². The van der Waals surface area contributed by atoms with Gasteiger partial charge in [0.05, 0.1) is 5.56 Å². The van der Waals surface area contributed by atoms with E-state index >= 15 is 0 Å². The summed E-state index contributed by atoms with van der Waals surface area (Å²) in [4.78, 5) is 18.6. The van der Waals surface area contributed by atoms with Gasteiger partial charge >= 0.3 is 5.97 Å². The molecule has 1 unspecified atom stereocenters. The number of rotatable bonds is 3.